The van der Waals surface area contributed by atoms with E-state index >= 15 is 0 Å². The van der Waals surface area contributed by atoms with E-state index in [2.05, 4.69) is 6.92 Å². The Morgan fingerprint density at radius 1 is 1.32 bits per heavy atom. The molecule has 0 aliphatic heterocycles. The van der Waals surface area contributed by atoms with Crippen molar-refractivity contribution < 1.29 is 19.7 Å². The smallest absolute Gasteiger partial charge is 0.138 e. The molecule has 0 heterocycles. The third-order valence-electron chi connectivity index (χ3n) is 2.56. The quantitative estimate of drug-likeness (QED) is 0.685. The molecule has 1 aromatic rings. The van der Waals surface area contributed by atoms with Crippen LogP contribution in [0.3, 0.4) is 0 Å². The first-order valence-corrected chi connectivity index (χ1v) is 6.83. The lowest BCUT2D eigenvalue weighted by Crippen LogP contribution is -2.23. The lowest BCUT2D eigenvalue weighted by Gasteiger charge is -2.14. The SMILES string of the molecule is CCCCOCC(O)COc1ccc(CO)cc1Cl. The Morgan fingerprint density at radius 3 is 2.74 bits per heavy atom. The Balaban J connectivity index is 2.31. The molecule has 0 aromatic heterocycles. The average molecular weight is 289 g/mol. The van der Waals surface area contributed by atoms with E-state index in [4.69, 9.17) is 26.2 Å². The second kappa shape index (κ2) is 9.15. The van der Waals surface area contributed by atoms with Gasteiger partial charge in [-0.25, -0.2) is 0 Å². The normalized spacial score (nSPS) is 12.4. The number of rotatable bonds is 9. The fourth-order valence-corrected chi connectivity index (χ4v) is 1.72. The highest BCUT2D eigenvalue weighted by Gasteiger charge is 2.08. The van der Waals surface area contributed by atoms with E-state index in [1.165, 1.54) is 0 Å². The Kier molecular flexibility index (Phi) is 7.82. The van der Waals surface area contributed by atoms with E-state index in [1.54, 1.807) is 18.2 Å². The first-order valence-electron chi connectivity index (χ1n) is 6.45. The van der Waals surface area contributed by atoms with Gasteiger partial charge in [0.25, 0.3) is 0 Å². The number of halogens is 1. The first kappa shape index (κ1) is 16.2. The van der Waals surface area contributed by atoms with Crippen LogP contribution in [-0.2, 0) is 11.3 Å². The molecule has 0 aliphatic rings. The topological polar surface area (TPSA) is 58.9 Å². The summed E-state index contributed by atoms with van der Waals surface area (Å²) in [6.07, 6.45) is 1.38. The molecule has 1 atom stereocenters. The molecule has 4 nitrogen and oxygen atoms in total. The minimum Gasteiger partial charge on any atom is -0.489 e. The molecule has 5 heteroatoms. The van der Waals surface area contributed by atoms with Crippen LogP contribution in [-0.4, -0.2) is 36.1 Å². The second-order valence-electron chi connectivity index (χ2n) is 4.32. The predicted molar refractivity (Wildman–Crippen MR) is 74.6 cm³/mol. The van der Waals surface area contributed by atoms with Gasteiger partial charge < -0.3 is 19.7 Å². The van der Waals surface area contributed by atoms with Crippen LogP contribution in [0.25, 0.3) is 0 Å². The molecule has 0 fully saturated rings. The van der Waals surface area contributed by atoms with Crippen molar-refractivity contribution in [3.8, 4) is 5.75 Å². The first-order chi connectivity index (χ1) is 9.17. The number of hydrogen-bond acceptors (Lipinski definition) is 4. The molecule has 0 amide bonds. The van der Waals surface area contributed by atoms with Crippen LogP contribution in [0.1, 0.15) is 25.3 Å². The second-order valence-corrected chi connectivity index (χ2v) is 4.72. The minimum atomic E-state index is -0.676. The van der Waals surface area contributed by atoms with Gasteiger partial charge in [-0.05, 0) is 24.1 Å². The van der Waals surface area contributed by atoms with Crippen molar-refractivity contribution in [1.29, 1.82) is 0 Å². The van der Waals surface area contributed by atoms with Gasteiger partial charge in [-0.1, -0.05) is 31.0 Å². The van der Waals surface area contributed by atoms with Crippen LogP contribution in [0.5, 0.6) is 5.75 Å². The maximum absolute atomic E-state index is 9.67. The Hall–Kier alpha value is -0.810. The fourth-order valence-electron chi connectivity index (χ4n) is 1.46. The molecule has 0 spiro atoms. The number of ether oxygens (including phenoxy) is 2. The van der Waals surface area contributed by atoms with E-state index in [0.717, 1.165) is 18.4 Å². The maximum Gasteiger partial charge on any atom is 0.138 e. The van der Waals surface area contributed by atoms with Crippen molar-refractivity contribution in [1.82, 2.24) is 0 Å². The highest BCUT2D eigenvalue weighted by Crippen LogP contribution is 2.25. The molecule has 0 radical (unpaired) electrons. The molecular weight excluding hydrogens is 268 g/mol. The fraction of sp³-hybridized carbons (Fsp3) is 0.571. The van der Waals surface area contributed by atoms with Gasteiger partial charge in [0.1, 0.15) is 18.5 Å². The van der Waals surface area contributed by atoms with Crippen molar-refractivity contribution in [2.75, 3.05) is 19.8 Å². The number of aliphatic hydroxyl groups is 2. The summed E-state index contributed by atoms with van der Waals surface area (Å²) in [6.45, 7) is 3.06. The lowest BCUT2D eigenvalue weighted by atomic mass is 10.2. The third kappa shape index (κ3) is 6.25. The molecule has 0 saturated heterocycles. The average Bonchev–Trinajstić information content (AvgIpc) is 2.42. The van der Waals surface area contributed by atoms with Gasteiger partial charge >= 0.3 is 0 Å². The maximum atomic E-state index is 9.67. The van der Waals surface area contributed by atoms with Crippen molar-refractivity contribution >= 4 is 11.6 Å². The van der Waals surface area contributed by atoms with Crippen LogP contribution < -0.4 is 4.74 Å². The van der Waals surface area contributed by atoms with Crippen molar-refractivity contribution in [2.24, 2.45) is 0 Å². The van der Waals surface area contributed by atoms with E-state index < -0.39 is 6.10 Å². The van der Waals surface area contributed by atoms with Gasteiger partial charge in [0.2, 0.25) is 0 Å². The van der Waals surface area contributed by atoms with Gasteiger partial charge in [-0.15, -0.1) is 0 Å². The molecular formula is C14H21ClO4. The molecule has 108 valence electrons. The largest absolute Gasteiger partial charge is 0.489 e. The van der Waals surface area contributed by atoms with Crippen molar-refractivity contribution in [3.05, 3.63) is 28.8 Å². The Bertz CT molecular complexity index is 370. The summed E-state index contributed by atoms with van der Waals surface area (Å²) in [5, 5.41) is 19.0. The zero-order valence-corrected chi connectivity index (χ0v) is 11.9. The highest BCUT2D eigenvalue weighted by atomic mass is 35.5. The minimum absolute atomic E-state index is 0.0616. The van der Waals surface area contributed by atoms with Crippen molar-refractivity contribution in [2.45, 2.75) is 32.5 Å². The number of aliphatic hydroxyl groups excluding tert-OH is 2. The van der Waals surface area contributed by atoms with Gasteiger partial charge in [0.15, 0.2) is 0 Å². The third-order valence-corrected chi connectivity index (χ3v) is 2.86. The van der Waals surface area contributed by atoms with Crippen molar-refractivity contribution in [3.63, 3.8) is 0 Å². The van der Waals surface area contributed by atoms with E-state index in [9.17, 15) is 5.11 Å². The monoisotopic (exact) mass is 288 g/mol. The highest BCUT2D eigenvalue weighted by molar-refractivity contribution is 6.32. The molecule has 0 aliphatic carbocycles. The summed E-state index contributed by atoms with van der Waals surface area (Å²) < 4.78 is 10.7. The van der Waals surface area contributed by atoms with E-state index in [0.29, 0.717) is 17.4 Å². The van der Waals surface area contributed by atoms with E-state index in [1.807, 2.05) is 0 Å². The molecule has 2 N–H and O–H groups in total. The standard InChI is InChI=1S/C14H21ClO4/c1-2-3-6-18-9-12(17)10-19-14-5-4-11(8-16)7-13(14)15/h4-5,7,12,16-17H,2-3,6,8-10H2,1H3. The number of unbranched alkanes of at least 4 members (excludes halogenated alkanes) is 1. The van der Waals surface area contributed by atoms with Gasteiger partial charge in [-0.3, -0.25) is 0 Å². The summed E-state index contributed by atoms with van der Waals surface area (Å²) in [5.74, 6) is 0.492. The molecule has 0 saturated carbocycles. The van der Waals surface area contributed by atoms with Gasteiger partial charge in [0, 0.05) is 6.61 Å². The number of benzene rings is 1. The summed E-state index contributed by atoms with van der Waals surface area (Å²) in [6, 6.07) is 5.05. The van der Waals surface area contributed by atoms with Crippen LogP contribution >= 0.6 is 11.6 Å². The zero-order valence-electron chi connectivity index (χ0n) is 11.1. The predicted octanol–water partition coefficient (Wildman–Crippen LogP) is 2.39. The molecule has 0 bridgehead atoms. The van der Waals surface area contributed by atoms with Crippen LogP contribution in [0.2, 0.25) is 5.02 Å². The van der Waals surface area contributed by atoms with Gasteiger partial charge in [-0.2, -0.15) is 0 Å². The summed E-state index contributed by atoms with van der Waals surface area (Å²) in [4.78, 5) is 0. The van der Waals surface area contributed by atoms with E-state index in [-0.39, 0.29) is 19.8 Å². The number of hydrogen-bond donors (Lipinski definition) is 2. The Morgan fingerprint density at radius 2 is 2.11 bits per heavy atom. The lowest BCUT2D eigenvalue weighted by molar-refractivity contribution is 0.0113. The van der Waals surface area contributed by atoms with Crippen LogP contribution in [0.4, 0.5) is 0 Å². The molecule has 1 unspecified atom stereocenters. The molecule has 19 heavy (non-hydrogen) atoms. The summed E-state index contributed by atoms with van der Waals surface area (Å²) in [7, 11) is 0. The summed E-state index contributed by atoms with van der Waals surface area (Å²) in [5.41, 5.74) is 0.723. The van der Waals surface area contributed by atoms with Gasteiger partial charge in [0.05, 0.1) is 18.2 Å². The Labute approximate surface area is 118 Å². The molecule has 1 rings (SSSR count). The van der Waals surface area contributed by atoms with Crippen LogP contribution in [0.15, 0.2) is 18.2 Å². The zero-order chi connectivity index (χ0) is 14.1. The summed E-state index contributed by atoms with van der Waals surface area (Å²) >= 11 is 5.99. The van der Waals surface area contributed by atoms with Crippen LogP contribution in [0, 0.1) is 0 Å². The molecule has 1 aromatic carbocycles.